The zero-order chi connectivity index (χ0) is 23.7. The van der Waals surface area contributed by atoms with Crippen molar-refractivity contribution in [2.24, 2.45) is 0 Å². The number of benzene rings is 4. The van der Waals surface area contributed by atoms with E-state index in [1.165, 1.54) is 16.5 Å². The Hall–Kier alpha value is -4.09. The van der Waals surface area contributed by atoms with E-state index in [0.717, 1.165) is 38.4 Å². The van der Waals surface area contributed by atoms with Crippen LogP contribution in [0.2, 0.25) is 0 Å². The number of fused-ring (bicyclic) bond motifs is 8. The molecule has 0 bridgehead atoms. The van der Waals surface area contributed by atoms with Crippen molar-refractivity contribution < 1.29 is 9.31 Å². The maximum Gasteiger partial charge on any atom is 0.563 e. The van der Waals surface area contributed by atoms with Gasteiger partial charge in [0.15, 0.2) is 0 Å². The van der Waals surface area contributed by atoms with E-state index < -0.39 is 12.7 Å². The summed E-state index contributed by atoms with van der Waals surface area (Å²) >= 11 is 0. The van der Waals surface area contributed by atoms with Gasteiger partial charge in [0.2, 0.25) is 0 Å². The third-order valence-corrected chi connectivity index (χ3v) is 7.08. The van der Waals surface area contributed by atoms with Crippen LogP contribution in [-0.4, -0.2) is 22.1 Å². The first-order chi connectivity index (χ1) is 17.0. The molecule has 4 nitrogen and oxygen atoms in total. The number of rotatable bonds is 2. The van der Waals surface area contributed by atoms with Gasteiger partial charge in [-0.05, 0) is 60.1 Å². The van der Waals surface area contributed by atoms with Gasteiger partial charge in [0.25, 0.3) is 0 Å². The second-order valence-electron chi connectivity index (χ2n) is 9.66. The number of nitrogens with zero attached hydrogens (tertiary/aromatic N) is 2. The highest BCUT2D eigenvalue weighted by molar-refractivity contribution is 6.62. The number of imidazole rings is 1. The van der Waals surface area contributed by atoms with Crippen molar-refractivity contribution in [3.05, 3.63) is 103 Å². The molecule has 0 aliphatic carbocycles. The van der Waals surface area contributed by atoms with Crippen LogP contribution in [-0.2, 0) is 9.31 Å². The van der Waals surface area contributed by atoms with E-state index in [-0.39, 0.29) is 0 Å². The fraction of sp³-hybridized carbons (Fsp3) is 0.100. The summed E-state index contributed by atoms with van der Waals surface area (Å²) in [5, 5.41) is 3.47. The quantitative estimate of drug-likeness (QED) is 0.222. The molecule has 4 aromatic carbocycles. The predicted molar refractivity (Wildman–Crippen MR) is 144 cm³/mol. The molecule has 2 aromatic heterocycles. The van der Waals surface area contributed by atoms with Gasteiger partial charge in [-0.1, -0.05) is 73.3 Å². The van der Waals surface area contributed by atoms with Crippen molar-refractivity contribution in [2.45, 2.75) is 19.4 Å². The molecular weight excluding hydrogens is 431 g/mol. The lowest BCUT2D eigenvalue weighted by Gasteiger charge is -2.16. The lowest BCUT2D eigenvalue weighted by Crippen LogP contribution is -2.34. The van der Waals surface area contributed by atoms with Gasteiger partial charge in [-0.25, -0.2) is 4.98 Å². The van der Waals surface area contributed by atoms with Crippen molar-refractivity contribution in [2.75, 3.05) is 0 Å². The predicted octanol–water partition coefficient (Wildman–Crippen LogP) is 6.50. The van der Waals surface area contributed by atoms with Crippen LogP contribution < -0.4 is 5.46 Å². The maximum atomic E-state index is 6.18. The Kier molecular flexibility index (Phi) is 4.18. The number of para-hydroxylation sites is 2. The van der Waals surface area contributed by atoms with Crippen molar-refractivity contribution in [1.82, 2.24) is 9.38 Å². The molecule has 3 heterocycles. The summed E-state index contributed by atoms with van der Waals surface area (Å²) < 4.78 is 14.4. The fourth-order valence-corrected chi connectivity index (χ4v) is 5.10. The largest absolute Gasteiger partial charge is 0.563 e. The second kappa shape index (κ2) is 7.21. The summed E-state index contributed by atoms with van der Waals surface area (Å²) in [4.78, 5) is 5.08. The maximum absolute atomic E-state index is 6.18. The summed E-state index contributed by atoms with van der Waals surface area (Å²) in [5.74, 6) is 0.646. The van der Waals surface area contributed by atoms with Gasteiger partial charge in [0.05, 0.1) is 22.3 Å². The molecule has 7 rings (SSSR count). The minimum Gasteiger partial charge on any atom is -0.534 e. The lowest BCUT2D eigenvalue weighted by atomic mass is 9.78. The van der Waals surface area contributed by atoms with Gasteiger partial charge in [-0.2, -0.15) is 0 Å². The molecule has 0 saturated carbocycles. The molecule has 1 fully saturated rings. The van der Waals surface area contributed by atoms with E-state index in [9.17, 15) is 0 Å². The Bertz CT molecular complexity index is 1800. The first-order valence-corrected chi connectivity index (χ1v) is 11.9. The molecule has 6 aromatic rings. The van der Waals surface area contributed by atoms with Crippen LogP contribution in [0.1, 0.15) is 13.8 Å². The summed E-state index contributed by atoms with van der Waals surface area (Å²) in [6.45, 7) is 8.00. The Morgan fingerprint density at radius 1 is 0.771 bits per heavy atom. The molecule has 0 spiro atoms. The minimum absolute atomic E-state index is 0.483. The molecule has 0 amide bonds. The van der Waals surface area contributed by atoms with Gasteiger partial charge < -0.3 is 9.31 Å². The standard InChI is InChI=1S/C30H23BN2O2/c1-19-30(2,3)35-31(34-19)22-14-16-24-23-15-13-21(20-9-5-4-6-10-20)17-25(23)29-32-26-11-7-8-12-27(26)33(29)28(24)18-22/h4-18H,1H2,2-3H3. The highest BCUT2D eigenvalue weighted by Gasteiger charge is 2.42. The molecule has 1 saturated heterocycles. The molecule has 1 aliphatic heterocycles. The molecule has 1 aliphatic rings. The molecule has 0 N–H and O–H groups in total. The molecular formula is C30H23BN2O2. The van der Waals surface area contributed by atoms with Gasteiger partial charge in [-0.15, -0.1) is 0 Å². The Balaban J connectivity index is 1.55. The highest BCUT2D eigenvalue weighted by atomic mass is 16.7. The molecule has 168 valence electrons. The zero-order valence-electron chi connectivity index (χ0n) is 19.7. The van der Waals surface area contributed by atoms with E-state index in [0.29, 0.717) is 5.76 Å². The zero-order valence-corrected chi connectivity index (χ0v) is 19.7. The molecule has 35 heavy (non-hydrogen) atoms. The van der Waals surface area contributed by atoms with Crippen LogP contribution >= 0.6 is 0 Å². The third kappa shape index (κ3) is 3.02. The number of hydrogen-bond donors (Lipinski definition) is 0. The Labute approximate surface area is 203 Å². The fourth-order valence-electron chi connectivity index (χ4n) is 5.10. The first kappa shape index (κ1) is 20.3. The van der Waals surface area contributed by atoms with Crippen LogP contribution in [0.25, 0.3) is 49.5 Å². The average molecular weight is 454 g/mol. The molecule has 0 radical (unpaired) electrons. The van der Waals surface area contributed by atoms with Gasteiger partial charge in [0, 0.05) is 10.8 Å². The first-order valence-electron chi connectivity index (χ1n) is 11.9. The van der Waals surface area contributed by atoms with E-state index in [1.807, 2.05) is 26.0 Å². The molecule has 5 heteroatoms. The number of hydrogen-bond acceptors (Lipinski definition) is 3. The van der Waals surface area contributed by atoms with Crippen LogP contribution in [0.4, 0.5) is 0 Å². The monoisotopic (exact) mass is 454 g/mol. The van der Waals surface area contributed by atoms with E-state index in [4.69, 9.17) is 14.3 Å². The summed E-state index contributed by atoms with van der Waals surface area (Å²) in [7, 11) is -0.483. The minimum atomic E-state index is -0.520. The molecule has 0 atom stereocenters. The summed E-state index contributed by atoms with van der Waals surface area (Å²) in [6, 6.07) is 31.9. The summed E-state index contributed by atoms with van der Waals surface area (Å²) in [6.07, 6.45) is 0. The average Bonchev–Trinajstić information content (AvgIpc) is 3.41. The SMILES string of the molecule is C=C1OB(c2ccc3c4ccc(-c5ccccc5)cc4c4nc5ccccc5n4c3c2)OC1(C)C. The molecule has 0 unspecified atom stereocenters. The Morgan fingerprint density at radius 2 is 1.54 bits per heavy atom. The van der Waals surface area contributed by atoms with Crippen molar-refractivity contribution in [1.29, 1.82) is 0 Å². The van der Waals surface area contributed by atoms with Crippen LogP contribution in [0.5, 0.6) is 0 Å². The van der Waals surface area contributed by atoms with Crippen LogP contribution in [0.3, 0.4) is 0 Å². The highest BCUT2D eigenvalue weighted by Crippen LogP contribution is 2.35. The van der Waals surface area contributed by atoms with E-state index in [2.05, 4.69) is 89.8 Å². The second-order valence-corrected chi connectivity index (χ2v) is 9.66. The van der Waals surface area contributed by atoms with Crippen molar-refractivity contribution in [3.63, 3.8) is 0 Å². The smallest absolute Gasteiger partial charge is 0.534 e. The van der Waals surface area contributed by atoms with Crippen molar-refractivity contribution >= 4 is 50.9 Å². The topological polar surface area (TPSA) is 35.8 Å². The van der Waals surface area contributed by atoms with Crippen LogP contribution in [0.15, 0.2) is 103 Å². The van der Waals surface area contributed by atoms with Crippen molar-refractivity contribution in [3.8, 4) is 11.1 Å². The van der Waals surface area contributed by atoms with Crippen LogP contribution in [0, 0.1) is 0 Å². The van der Waals surface area contributed by atoms with Gasteiger partial charge in [0.1, 0.15) is 11.2 Å². The van der Waals surface area contributed by atoms with Gasteiger partial charge in [-0.3, -0.25) is 4.40 Å². The number of pyridine rings is 1. The third-order valence-electron chi connectivity index (χ3n) is 7.08. The Morgan fingerprint density at radius 3 is 2.34 bits per heavy atom. The van der Waals surface area contributed by atoms with E-state index >= 15 is 0 Å². The van der Waals surface area contributed by atoms with E-state index in [1.54, 1.807) is 0 Å². The lowest BCUT2D eigenvalue weighted by molar-refractivity contribution is 0.173. The van der Waals surface area contributed by atoms with Gasteiger partial charge >= 0.3 is 7.12 Å². The summed E-state index contributed by atoms with van der Waals surface area (Å²) in [5.41, 5.74) is 6.88. The normalized spacial score (nSPS) is 15.5. The number of aromatic nitrogens is 2.